The smallest absolute Gasteiger partial charge is 0.247 e. The fourth-order valence-corrected chi connectivity index (χ4v) is 6.57. The highest BCUT2D eigenvalue weighted by Crippen LogP contribution is 2.34. The van der Waals surface area contributed by atoms with Gasteiger partial charge in [-0.1, -0.05) is 36.6 Å². The highest BCUT2D eigenvalue weighted by Gasteiger charge is 2.51. The molecular formula is C26H33N3O4S. The minimum Gasteiger partial charge on any atom is -0.351 e. The predicted molar refractivity (Wildman–Crippen MR) is 132 cm³/mol. The van der Waals surface area contributed by atoms with Gasteiger partial charge in [0.25, 0.3) is 0 Å². The molecule has 1 aliphatic carbocycles. The van der Waals surface area contributed by atoms with E-state index in [2.05, 4.69) is 5.32 Å². The molecule has 1 heterocycles. The van der Waals surface area contributed by atoms with Crippen LogP contribution in [0.15, 0.2) is 47.4 Å². The molecule has 34 heavy (non-hydrogen) atoms. The number of rotatable bonds is 5. The average Bonchev–Trinajstić information content (AvgIpc) is 3.26. The van der Waals surface area contributed by atoms with Crippen LogP contribution in [-0.2, 0) is 19.6 Å². The zero-order valence-electron chi connectivity index (χ0n) is 20.3. The molecule has 0 radical (unpaired) electrons. The van der Waals surface area contributed by atoms with Gasteiger partial charge in [-0.25, -0.2) is 8.42 Å². The number of hydrogen-bond donors (Lipinski definition) is 1. The monoisotopic (exact) mass is 483 g/mol. The molecule has 1 aliphatic heterocycles. The molecule has 0 spiro atoms. The molecule has 0 aromatic heterocycles. The van der Waals surface area contributed by atoms with Crippen LogP contribution >= 0.6 is 0 Å². The minimum atomic E-state index is -3.96. The molecule has 2 aromatic rings. The number of sulfonamides is 1. The van der Waals surface area contributed by atoms with Crippen molar-refractivity contribution in [3.63, 3.8) is 0 Å². The van der Waals surface area contributed by atoms with E-state index in [1.54, 1.807) is 31.2 Å². The van der Waals surface area contributed by atoms with E-state index in [9.17, 15) is 18.0 Å². The second-order valence-electron chi connectivity index (χ2n) is 9.89. The van der Waals surface area contributed by atoms with Crippen molar-refractivity contribution in [2.75, 3.05) is 18.0 Å². The number of amides is 2. The molecule has 4 rings (SSSR count). The molecule has 7 nitrogen and oxygen atoms in total. The quantitative estimate of drug-likeness (QED) is 0.706. The van der Waals surface area contributed by atoms with E-state index in [-0.39, 0.29) is 29.9 Å². The number of piperazine rings is 1. The molecular weight excluding hydrogens is 450 g/mol. The lowest BCUT2D eigenvalue weighted by atomic mass is 9.93. The van der Waals surface area contributed by atoms with Crippen LogP contribution in [0.5, 0.6) is 0 Å². The topological polar surface area (TPSA) is 86.8 Å². The van der Waals surface area contributed by atoms with Crippen LogP contribution in [0.1, 0.15) is 49.3 Å². The second kappa shape index (κ2) is 9.15. The van der Waals surface area contributed by atoms with Crippen LogP contribution in [0.25, 0.3) is 0 Å². The van der Waals surface area contributed by atoms with Gasteiger partial charge in [0, 0.05) is 18.3 Å². The number of nitrogens with zero attached hydrogens (tertiary/aromatic N) is 2. The maximum Gasteiger partial charge on any atom is 0.247 e. The standard InChI is InChI=1S/C26H33N3O4S/c1-18-9-11-23(12-10-18)34(32,33)28-16-24(30)29(22-14-19(2)13-20(3)15-22)26(4,17-28)25(31)27-21-7-5-6-8-21/h9-15,21H,5-8,16-17H2,1-4H3,(H,27,31)/t26-/m1/s1. The second-order valence-corrected chi connectivity index (χ2v) is 11.8. The number of hydrogen-bond acceptors (Lipinski definition) is 4. The molecule has 2 amide bonds. The van der Waals surface area contributed by atoms with E-state index in [4.69, 9.17) is 0 Å². The van der Waals surface area contributed by atoms with E-state index in [0.29, 0.717) is 5.69 Å². The number of anilines is 1. The SMILES string of the molecule is Cc1ccc(S(=O)(=O)N2CC(=O)N(c3cc(C)cc(C)c3)[C@@](C)(C(=O)NC3CCCC3)C2)cc1. The Balaban J connectivity index is 1.75. The molecule has 1 saturated heterocycles. The van der Waals surface area contributed by atoms with Crippen molar-refractivity contribution in [1.29, 1.82) is 0 Å². The first kappa shape index (κ1) is 24.4. The summed E-state index contributed by atoms with van der Waals surface area (Å²) in [6.45, 7) is 6.98. The first-order valence-corrected chi connectivity index (χ1v) is 13.2. The summed E-state index contributed by atoms with van der Waals surface area (Å²) in [5.74, 6) is -0.744. The first-order chi connectivity index (χ1) is 16.0. The molecule has 1 N–H and O–H groups in total. The summed E-state index contributed by atoms with van der Waals surface area (Å²) >= 11 is 0. The molecule has 0 bridgehead atoms. The van der Waals surface area contributed by atoms with Crippen LogP contribution in [0.2, 0.25) is 0 Å². The largest absolute Gasteiger partial charge is 0.351 e. The van der Waals surface area contributed by atoms with Crippen LogP contribution < -0.4 is 10.2 Å². The van der Waals surface area contributed by atoms with E-state index in [1.165, 1.54) is 4.90 Å². The number of carbonyl (C=O) groups is 2. The third kappa shape index (κ3) is 4.61. The molecule has 2 aliphatic rings. The van der Waals surface area contributed by atoms with E-state index in [1.807, 2.05) is 39.0 Å². The van der Waals surface area contributed by atoms with Crippen LogP contribution in [0.4, 0.5) is 5.69 Å². The molecule has 8 heteroatoms. The summed E-state index contributed by atoms with van der Waals surface area (Å²) in [4.78, 5) is 28.9. The Morgan fingerprint density at radius 2 is 1.56 bits per heavy atom. The summed E-state index contributed by atoms with van der Waals surface area (Å²) in [7, 11) is -3.96. The lowest BCUT2D eigenvalue weighted by molar-refractivity contribution is -0.133. The van der Waals surface area contributed by atoms with Gasteiger partial charge in [-0.2, -0.15) is 4.31 Å². The first-order valence-electron chi connectivity index (χ1n) is 11.8. The van der Waals surface area contributed by atoms with Crippen molar-refractivity contribution in [3.8, 4) is 0 Å². The fourth-order valence-electron chi connectivity index (χ4n) is 5.09. The summed E-state index contributed by atoms with van der Waals surface area (Å²) in [6, 6.07) is 12.3. The Morgan fingerprint density at radius 3 is 2.15 bits per heavy atom. The molecule has 0 unspecified atom stereocenters. The van der Waals surface area contributed by atoms with Crippen molar-refractivity contribution >= 4 is 27.5 Å². The Morgan fingerprint density at radius 1 is 0.971 bits per heavy atom. The van der Waals surface area contributed by atoms with Gasteiger partial charge in [0.2, 0.25) is 21.8 Å². The molecule has 2 fully saturated rings. The zero-order chi connectivity index (χ0) is 24.7. The van der Waals surface area contributed by atoms with Gasteiger partial charge >= 0.3 is 0 Å². The number of aryl methyl sites for hydroxylation is 3. The van der Waals surface area contributed by atoms with E-state index < -0.39 is 21.5 Å². The molecule has 2 aromatic carbocycles. The molecule has 182 valence electrons. The van der Waals surface area contributed by atoms with Gasteiger partial charge in [0.1, 0.15) is 5.54 Å². The fraction of sp³-hybridized carbons (Fsp3) is 0.462. The Bertz CT molecular complexity index is 1180. The zero-order valence-corrected chi connectivity index (χ0v) is 21.1. The van der Waals surface area contributed by atoms with Crippen molar-refractivity contribution in [2.45, 2.75) is 69.9 Å². The third-order valence-electron chi connectivity index (χ3n) is 6.84. The highest BCUT2D eigenvalue weighted by atomic mass is 32.2. The van der Waals surface area contributed by atoms with Gasteiger partial charge < -0.3 is 5.32 Å². The summed E-state index contributed by atoms with van der Waals surface area (Å²) in [5.41, 5.74) is 2.09. The third-order valence-corrected chi connectivity index (χ3v) is 8.65. The average molecular weight is 484 g/mol. The van der Waals surface area contributed by atoms with Gasteiger partial charge in [-0.3, -0.25) is 14.5 Å². The summed E-state index contributed by atoms with van der Waals surface area (Å²) in [5, 5.41) is 3.10. The van der Waals surface area contributed by atoms with Crippen LogP contribution in [0.3, 0.4) is 0 Å². The van der Waals surface area contributed by atoms with Gasteiger partial charge in [-0.05, 0) is 75.9 Å². The maximum absolute atomic E-state index is 13.7. The Kier molecular flexibility index (Phi) is 6.57. The van der Waals surface area contributed by atoms with Crippen molar-refractivity contribution in [1.82, 2.24) is 9.62 Å². The lowest BCUT2D eigenvalue weighted by Gasteiger charge is -2.47. The van der Waals surface area contributed by atoms with Crippen molar-refractivity contribution < 1.29 is 18.0 Å². The molecule has 1 atom stereocenters. The normalized spacial score (nSPS) is 22.2. The highest BCUT2D eigenvalue weighted by molar-refractivity contribution is 7.89. The number of benzene rings is 2. The van der Waals surface area contributed by atoms with Gasteiger partial charge in [0.05, 0.1) is 11.4 Å². The van der Waals surface area contributed by atoms with Crippen molar-refractivity contribution in [3.05, 3.63) is 59.2 Å². The van der Waals surface area contributed by atoms with Gasteiger partial charge in [-0.15, -0.1) is 0 Å². The summed E-state index contributed by atoms with van der Waals surface area (Å²) < 4.78 is 28.1. The van der Waals surface area contributed by atoms with Crippen LogP contribution in [0, 0.1) is 20.8 Å². The lowest BCUT2D eigenvalue weighted by Crippen LogP contribution is -2.70. The van der Waals surface area contributed by atoms with Crippen LogP contribution in [-0.4, -0.2) is 49.2 Å². The van der Waals surface area contributed by atoms with Crippen molar-refractivity contribution in [2.24, 2.45) is 0 Å². The Labute approximate surface area is 202 Å². The maximum atomic E-state index is 13.7. The van der Waals surface area contributed by atoms with E-state index >= 15 is 0 Å². The predicted octanol–water partition coefficient (Wildman–Crippen LogP) is 3.47. The van der Waals surface area contributed by atoms with Gasteiger partial charge in [0.15, 0.2) is 0 Å². The summed E-state index contributed by atoms with van der Waals surface area (Å²) in [6.07, 6.45) is 3.89. The Hall–Kier alpha value is -2.71. The minimum absolute atomic E-state index is 0.0459. The molecule has 1 saturated carbocycles. The number of carbonyl (C=O) groups excluding carboxylic acids is 2. The van der Waals surface area contributed by atoms with E-state index in [0.717, 1.165) is 46.7 Å². The number of nitrogens with one attached hydrogen (secondary N) is 1.